The molecule has 4 aliphatic rings. The van der Waals surface area contributed by atoms with Crippen molar-refractivity contribution in [2.75, 3.05) is 0 Å². The van der Waals surface area contributed by atoms with Crippen LogP contribution in [0.1, 0.15) is 43.5 Å². The Bertz CT molecular complexity index is 753. The van der Waals surface area contributed by atoms with Crippen LogP contribution in [0.25, 0.3) is 10.2 Å². The van der Waals surface area contributed by atoms with E-state index in [9.17, 15) is 9.90 Å². The zero-order valence-electron chi connectivity index (χ0n) is 13.6. The fraction of sp³-hybridized carbons (Fsp3) is 0.579. The molecule has 1 amide bonds. The van der Waals surface area contributed by atoms with Crippen LogP contribution < -0.4 is 0 Å². The molecule has 5 heteroatoms. The second kappa shape index (κ2) is 5.27. The predicted molar refractivity (Wildman–Crippen MR) is 93.9 cm³/mol. The molecule has 0 radical (unpaired) electrons. The minimum atomic E-state index is -0.486. The van der Waals surface area contributed by atoms with Gasteiger partial charge in [-0.3, -0.25) is 4.79 Å². The van der Waals surface area contributed by atoms with Crippen molar-refractivity contribution >= 4 is 27.5 Å². The molecule has 1 aromatic carbocycles. The van der Waals surface area contributed by atoms with Crippen LogP contribution in [-0.4, -0.2) is 38.6 Å². The van der Waals surface area contributed by atoms with Crippen molar-refractivity contribution in [3.8, 4) is 0 Å². The molecule has 2 saturated heterocycles. The van der Waals surface area contributed by atoms with E-state index in [1.54, 1.807) is 11.3 Å². The summed E-state index contributed by atoms with van der Waals surface area (Å²) in [6, 6.07) is 8.68. The van der Waals surface area contributed by atoms with Gasteiger partial charge < -0.3 is 10.0 Å². The van der Waals surface area contributed by atoms with E-state index >= 15 is 0 Å². The van der Waals surface area contributed by atoms with Crippen molar-refractivity contribution in [2.24, 2.45) is 5.92 Å². The van der Waals surface area contributed by atoms with Crippen molar-refractivity contribution < 1.29 is 9.90 Å². The zero-order valence-corrected chi connectivity index (χ0v) is 14.5. The van der Waals surface area contributed by atoms with E-state index in [1.807, 2.05) is 18.2 Å². The third-order valence-electron chi connectivity index (χ3n) is 6.08. The topological polar surface area (TPSA) is 53.4 Å². The highest BCUT2D eigenvalue weighted by atomic mass is 32.1. The smallest absolute Gasteiger partial charge is 0.223 e. The summed E-state index contributed by atoms with van der Waals surface area (Å²) in [6.07, 6.45) is 5.96. The summed E-state index contributed by atoms with van der Waals surface area (Å²) in [4.78, 5) is 19.6. The molecule has 4 nitrogen and oxygen atoms in total. The number of benzene rings is 1. The molecule has 2 saturated carbocycles. The predicted octanol–water partition coefficient (Wildman–Crippen LogP) is 3.13. The van der Waals surface area contributed by atoms with Crippen LogP contribution in [0.15, 0.2) is 24.3 Å². The Morgan fingerprint density at radius 3 is 2.71 bits per heavy atom. The number of aromatic nitrogens is 1. The van der Waals surface area contributed by atoms with Crippen LogP contribution in [0.2, 0.25) is 0 Å². The van der Waals surface area contributed by atoms with Gasteiger partial charge in [0.25, 0.3) is 0 Å². The van der Waals surface area contributed by atoms with E-state index in [0.717, 1.165) is 49.0 Å². The lowest BCUT2D eigenvalue weighted by Crippen LogP contribution is -2.65. The van der Waals surface area contributed by atoms with Crippen molar-refractivity contribution in [3.05, 3.63) is 29.3 Å². The fourth-order valence-electron chi connectivity index (χ4n) is 5.36. The van der Waals surface area contributed by atoms with Gasteiger partial charge in [0, 0.05) is 24.9 Å². The highest BCUT2D eigenvalue weighted by Crippen LogP contribution is 2.51. The summed E-state index contributed by atoms with van der Waals surface area (Å²) in [6.45, 7) is 0. The number of fused-ring (bicyclic) bond motifs is 1. The van der Waals surface area contributed by atoms with E-state index < -0.39 is 5.60 Å². The van der Waals surface area contributed by atoms with Gasteiger partial charge in [-0.25, -0.2) is 4.98 Å². The molecule has 6 rings (SSSR count). The first kappa shape index (κ1) is 14.8. The number of nitrogens with zero attached hydrogens (tertiary/aromatic N) is 2. The maximum absolute atomic E-state index is 12.8. The summed E-state index contributed by atoms with van der Waals surface area (Å²) in [7, 11) is 0. The SMILES string of the molecule is O=C(CCc1nc2ccccc2s1)N1C2CC3CC1CC(O)(C3)C2. The van der Waals surface area contributed by atoms with Gasteiger partial charge in [0.15, 0.2) is 0 Å². The normalized spacial score (nSPS) is 34.2. The molecule has 24 heavy (non-hydrogen) atoms. The number of hydrogen-bond acceptors (Lipinski definition) is 4. The van der Waals surface area contributed by atoms with Crippen LogP contribution in [0.4, 0.5) is 0 Å². The molecule has 2 atom stereocenters. The van der Waals surface area contributed by atoms with Crippen molar-refractivity contribution in [1.82, 2.24) is 9.88 Å². The Hall–Kier alpha value is -1.46. The third kappa shape index (κ3) is 2.37. The van der Waals surface area contributed by atoms with E-state index in [4.69, 9.17) is 0 Å². The molecular formula is C19H22N2O2S. The Morgan fingerprint density at radius 1 is 1.25 bits per heavy atom. The molecule has 4 fully saturated rings. The summed E-state index contributed by atoms with van der Waals surface area (Å²) < 4.78 is 1.19. The van der Waals surface area contributed by atoms with E-state index in [1.165, 1.54) is 4.70 Å². The second-order valence-electron chi connectivity index (χ2n) is 7.86. The fourth-order valence-corrected chi connectivity index (χ4v) is 6.33. The highest BCUT2D eigenvalue weighted by Gasteiger charge is 2.54. The lowest BCUT2D eigenvalue weighted by Gasteiger charge is -2.59. The average molecular weight is 342 g/mol. The van der Waals surface area contributed by atoms with Crippen LogP contribution in [-0.2, 0) is 11.2 Å². The zero-order chi connectivity index (χ0) is 16.3. The van der Waals surface area contributed by atoms with E-state index in [-0.39, 0.29) is 18.0 Å². The molecule has 4 bridgehead atoms. The molecule has 2 aliphatic carbocycles. The number of aryl methyl sites for hydroxylation is 1. The monoisotopic (exact) mass is 342 g/mol. The Balaban J connectivity index is 1.29. The van der Waals surface area contributed by atoms with Gasteiger partial charge in [-0.2, -0.15) is 0 Å². The second-order valence-corrected chi connectivity index (χ2v) is 8.97. The molecule has 2 unspecified atom stereocenters. The van der Waals surface area contributed by atoms with E-state index in [0.29, 0.717) is 12.3 Å². The van der Waals surface area contributed by atoms with Gasteiger partial charge in [-0.05, 0) is 50.2 Å². The molecule has 3 heterocycles. The van der Waals surface area contributed by atoms with E-state index in [2.05, 4.69) is 16.0 Å². The third-order valence-corrected chi connectivity index (χ3v) is 7.17. The van der Waals surface area contributed by atoms with Crippen LogP contribution in [0.3, 0.4) is 0 Å². The van der Waals surface area contributed by atoms with Gasteiger partial charge in [-0.1, -0.05) is 12.1 Å². The van der Waals surface area contributed by atoms with Crippen LogP contribution in [0.5, 0.6) is 0 Å². The molecule has 2 aliphatic heterocycles. The van der Waals surface area contributed by atoms with Gasteiger partial charge in [-0.15, -0.1) is 11.3 Å². The first-order chi connectivity index (χ1) is 11.6. The minimum Gasteiger partial charge on any atom is -0.390 e. The summed E-state index contributed by atoms with van der Waals surface area (Å²) in [5.74, 6) is 0.882. The summed E-state index contributed by atoms with van der Waals surface area (Å²) in [5, 5.41) is 11.7. The van der Waals surface area contributed by atoms with Crippen molar-refractivity contribution in [3.63, 3.8) is 0 Å². The van der Waals surface area contributed by atoms with Crippen LogP contribution in [0, 0.1) is 5.92 Å². The number of hydrogen-bond donors (Lipinski definition) is 1. The first-order valence-electron chi connectivity index (χ1n) is 8.98. The quantitative estimate of drug-likeness (QED) is 0.932. The average Bonchev–Trinajstić information content (AvgIpc) is 2.93. The molecule has 1 N–H and O–H groups in total. The summed E-state index contributed by atoms with van der Waals surface area (Å²) in [5.41, 5.74) is 0.544. The van der Waals surface area contributed by atoms with Crippen LogP contribution >= 0.6 is 11.3 Å². The number of carbonyl (C=O) groups excluding carboxylic acids is 1. The van der Waals surface area contributed by atoms with Crippen molar-refractivity contribution in [2.45, 2.75) is 62.6 Å². The minimum absolute atomic E-state index is 0.256. The molecule has 126 valence electrons. The number of carbonyl (C=O) groups is 1. The number of thiazole rings is 1. The Morgan fingerprint density at radius 2 is 2.00 bits per heavy atom. The molecule has 2 aromatic rings. The van der Waals surface area contributed by atoms with Crippen molar-refractivity contribution in [1.29, 1.82) is 0 Å². The number of piperidine rings is 2. The standard InChI is InChI=1S/C19H22N2O2S/c22-18(6-5-17-20-15-3-1-2-4-16(15)24-17)21-13-7-12-8-14(21)11-19(23,9-12)10-13/h1-4,12-14,23H,5-11H2. The maximum atomic E-state index is 12.8. The Labute approximate surface area is 145 Å². The van der Waals surface area contributed by atoms with Gasteiger partial charge in [0.2, 0.25) is 5.91 Å². The number of aliphatic hydroxyl groups is 1. The highest BCUT2D eigenvalue weighted by molar-refractivity contribution is 7.18. The first-order valence-corrected chi connectivity index (χ1v) is 9.79. The lowest BCUT2D eigenvalue weighted by molar-refractivity contribution is -0.174. The maximum Gasteiger partial charge on any atom is 0.223 e. The number of amides is 1. The molecule has 1 aromatic heterocycles. The molecule has 0 spiro atoms. The van der Waals surface area contributed by atoms with Gasteiger partial charge in [0.1, 0.15) is 0 Å². The summed E-state index contributed by atoms with van der Waals surface area (Å²) >= 11 is 1.69. The lowest BCUT2D eigenvalue weighted by atomic mass is 9.61. The number of rotatable bonds is 3. The molecular weight excluding hydrogens is 320 g/mol. The van der Waals surface area contributed by atoms with Gasteiger partial charge in [0.05, 0.1) is 20.8 Å². The van der Waals surface area contributed by atoms with Gasteiger partial charge >= 0.3 is 0 Å². The Kier molecular flexibility index (Phi) is 3.26. The largest absolute Gasteiger partial charge is 0.390 e. The number of para-hydroxylation sites is 1.